The lowest BCUT2D eigenvalue weighted by Crippen LogP contribution is -2.45. The van der Waals surface area contributed by atoms with Crippen LogP contribution in [0.5, 0.6) is 0 Å². The van der Waals surface area contributed by atoms with Crippen molar-refractivity contribution in [2.45, 2.75) is 110 Å². The molecule has 0 radical (unpaired) electrons. The number of hydrogen-bond donors (Lipinski definition) is 2. The smallest absolute Gasteiger partial charge is 0.343 e. The lowest BCUT2D eigenvalue weighted by atomic mass is 9.88. The molecule has 0 aliphatic heterocycles. The summed E-state index contributed by atoms with van der Waals surface area (Å²) in [5.41, 5.74) is 0. The molecule has 2 N–H and O–H groups in total. The van der Waals surface area contributed by atoms with Gasteiger partial charge in [-0.3, -0.25) is 9.36 Å². The van der Waals surface area contributed by atoms with Gasteiger partial charge in [0.2, 0.25) is 0 Å². The summed E-state index contributed by atoms with van der Waals surface area (Å²) in [5, 5.41) is -1.71. The highest BCUT2D eigenvalue weighted by molar-refractivity contribution is 7.54. The standard InChI is InChI=1S/C20H41O5P/c1-5-8-9-10-11-12-13-14-15-16-17-25-19(21)20(7-3,18(4)6-2)26(22,23)24/h18H,5-17H2,1-4H3,(H2,22,23,24). The summed E-state index contributed by atoms with van der Waals surface area (Å²) in [6.07, 6.45) is 12.5. The quantitative estimate of drug-likeness (QED) is 0.196. The van der Waals surface area contributed by atoms with Crippen molar-refractivity contribution in [2.24, 2.45) is 5.92 Å². The zero-order chi connectivity index (χ0) is 20.1. The van der Waals surface area contributed by atoms with E-state index >= 15 is 0 Å². The van der Waals surface area contributed by atoms with E-state index in [4.69, 9.17) is 4.74 Å². The molecule has 0 bridgehead atoms. The monoisotopic (exact) mass is 392 g/mol. The van der Waals surface area contributed by atoms with Gasteiger partial charge in [0.05, 0.1) is 6.61 Å². The van der Waals surface area contributed by atoms with E-state index in [1.165, 1.54) is 44.9 Å². The first kappa shape index (κ1) is 25.6. The first-order valence-electron chi connectivity index (χ1n) is 10.5. The highest BCUT2D eigenvalue weighted by atomic mass is 31.2. The van der Waals surface area contributed by atoms with Crippen molar-refractivity contribution in [1.82, 2.24) is 0 Å². The SMILES string of the molecule is CCCCCCCCCCCCOC(=O)C(CC)(C(C)CC)P(=O)(O)O. The number of ether oxygens (including phenoxy) is 1. The summed E-state index contributed by atoms with van der Waals surface area (Å²) < 4.78 is 17.3. The number of unbranched alkanes of at least 4 members (excludes halogenated alkanes) is 9. The lowest BCUT2D eigenvalue weighted by Gasteiger charge is -2.35. The largest absolute Gasteiger partial charge is 0.465 e. The molecular weight excluding hydrogens is 351 g/mol. The fourth-order valence-electron chi connectivity index (χ4n) is 3.52. The second-order valence-corrected chi connectivity index (χ2v) is 9.34. The van der Waals surface area contributed by atoms with Crippen molar-refractivity contribution in [1.29, 1.82) is 0 Å². The maximum Gasteiger partial charge on any atom is 0.343 e. The second-order valence-electron chi connectivity index (χ2n) is 7.45. The normalized spacial score (nSPS) is 15.5. The molecule has 2 unspecified atom stereocenters. The van der Waals surface area contributed by atoms with Crippen molar-refractivity contribution in [2.75, 3.05) is 6.61 Å². The molecule has 0 heterocycles. The first-order chi connectivity index (χ1) is 12.3. The van der Waals surface area contributed by atoms with Gasteiger partial charge in [0.1, 0.15) is 0 Å². The van der Waals surface area contributed by atoms with E-state index in [0.29, 0.717) is 6.42 Å². The van der Waals surface area contributed by atoms with Crippen LogP contribution in [-0.4, -0.2) is 27.5 Å². The fourth-order valence-corrected chi connectivity index (χ4v) is 4.99. The van der Waals surface area contributed by atoms with Gasteiger partial charge in [-0.15, -0.1) is 0 Å². The number of rotatable bonds is 16. The Labute approximate surface area is 160 Å². The van der Waals surface area contributed by atoms with Crippen LogP contribution in [-0.2, 0) is 14.1 Å². The van der Waals surface area contributed by atoms with E-state index in [1.807, 2.05) is 6.92 Å². The highest BCUT2D eigenvalue weighted by Crippen LogP contribution is 2.57. The summed E-state index contributed by atoms with van der Waals surface area (Å²) in [6.45, 7) is 7.66. The van der Waals surface area contributed by atoms with Crippen LogP contribution in [0.4, 0.5) is 0 Å². The molecule has 0 rings (SSSR count). The van der Waals surface area contributed by atoms with Crippen molar-refractivity contribution in [3.05, 3.63) is 0 Å². The first-order valence-corrected chi connectivity index (χ1v) is 12.1. The third-order valence-electron chi connectivity index (χ3n) is 5.57. The Morgan fingerprint density at radius 2 is 1.38 bits per heavy atom. The molecule has 0 aromatic carbocycles. The zero-order valence-electron chi connectivity index (χ0n) is 17.3. The predicted molar refractivity (Wildman–Crippen MR) is 107 cm³/mol. The van der Waals surface area contributed by atoms with Crippen LogP contribution in [0, 0.1) is 5.92 Å². The van der Waals surface area contributed by atoms with Crippen LogP contribution in [0.2, 0.25) is 0 Å². The van der Waals surface area contributed by atoms with Crippen LogP contribution in [0.1, 0.15) is 105 Å². The second kappa shape index (κ2) is 13.7. The van der Waals surface area contributed by atoms with Gasteiger partial charge < -0.3 is 14.5 Å². The van der Waals surface area contributed by atoms with Gasteiger partial charge >= 0.3 is 13.6 Å². The average molecular weight is 393 g/mol. The molecule has 5 nitrogen and oxygen atoms in total. The van der Waals surface area contributed by atoms with Gasteiger partial charge in [-0.2, -0.15) is 0 Å². The van der Waals surface area contributed by atoms with Gasteiger partial charge in [0.25, 0.3) is 0 Å². The van der Waals surface area contributed by atoms with Crippen molar-refractivity contribution < 1.29 is 23.9 Å². The minimum atomic E-state index is -4.59. The Balaban J connectivity index is 4.14. The summed E-state index contributed by atoms with van der Waals surface area (Å²) >= 11 is 0. The van der Waals surface area contributed by atoms with Crippen molar-refractivity contribution in [3.63, 3.8) is 0 Å². The Bertz CT molecular complexity index is 420. The number of carbonyl (C=O) groups excluding carboxylic acids is 1. The molecule has 0 aliphatic carbocycles. The molecular formula is C20H41O5P. The summed E-state index contributed by atoms with van der Waals surface area (Å²) in [6, 6.07) is 0. The fraction of sp³-hybridized carbons (Fsp3) is 0.950. The average Bonchev–Trinajstić information content (AvgIpc) is 2.59. The molecule has 0 fully saturated rings. The maximum absolute atomic E-state index is 12.5. The van der Waals surface area contributed by atoms with E-state index in [0.717, 1.165) is 19.3 Å². The molecule has 6 heteroatoms. The topological polar surface area (TPSA) is 83.8 Å². The molecule has 0 amide bonds. The number of hydrogen-bond acceptors (Lipinski definition) is 3. The van der Waals surface area contributed by atoms with E-state index < -0.39 is 24.6 Å². The van der Waals surface area contributed by atoms with Gasteiger partial charge in [0.15, 0.2) is 5.16 Å². The molecule has 0 spiro atoms. The van der Waals surface area contributed by atoms with Gasteiger partial charge in [-0.05, 0) is 18.8 Å². The number of carbonyl (C=O) groups is 1. The molecule has 0 aromatic heterocycles. The highest BCUT2D eigenvalue weighted by Gasteiger charge is 2.56. The zero-order valence-corrected chi connectivity index (χ0v) is 18.2. The minimum absolute atomic E-state index is 0.0865. The third-order valence-corrected chi connectivity index (χ3v) is 7.55. The Morgan fingerprint density at radius 3 is 1.77 bits per heavy atom. The molecule has 0 saturated carbocycles. The molecule has 156 valence electrons. The molecule has 0 aliphatic rings. The van der Waals surface area contributed by atoms with Crippen LogP contribution in [0.15, 0.2) is 0 Å². The lowest BCUT2D eigenvalue weighted by molar-refractivity contribution is -0.149. The summed E-state index contributed by atoms with van der Waals surface area (Å²) in [7, 11) is -4.59. The Hall–Kier alpha value is -0.380. The van der Waals surface area contributed by atoms with Gasteiger partial charge in [0, 0.05) is 0 Å². The van der Waals surface area contributed by atoms with Gasteiger partial charge in [-0.1, -0.05) is 91.9 Å². The van der Waals surface area contributed by atoms with Crippen molar-refractivity contribution in [3.8, 4) is 0 Å². The number of esters is 1. The van der Waals surface area contributed by atoms with Crippen molar-refractivity contribution >= 4 is 13.6 Å². The van der Waals surface area contributed by atoms with E-state index in [9.17, 15) is 19.1 Å². The van der Waals surface area contributed by atoms with Crippen LogP contribution in [0.25, 0.3) is 0 Å². The summed E-state index contributed by atoms with van der Waals surface area (Å²) in [4.78, 5) is 32.1. The molecule has 0 aromatic rings. The molecule has 2 atom stereocenters. The third kappa shape index (κ3) is 8.10. The summed E-state index contributed by atoms with van der Waals surface area (Å²) in [5.74, 6) is -1.16. The maximum atomic E-state index is 12.5. The van der Waals surface area contributed by atoms with E-state index in [1.54, 1.807) is 13.8 Å². The van der Waals surface area contributed by atoms with E-state index in [-0.39, 0.29) is 13.0 Å². The van der Waals surface area contributed by atoms with Gasteiger partial charge in [-0.25, -0.2) is 0 Å². The van der Waals surface area contributed by atoms with E-state index in [2.05, 4.69) is 6.92 Å². The minimum Gasteiger partial charge on any atom is -0.465 e. The molecule has 0 saturated heterocycles. The Kier molecular flexibility index (Phi) is 13.5. The van der Waals surface area contributed by atoms with Crippen LogP contribution >= 0.6 is 7.60 Å². The van der Waals surface area contributed by atoms with Crippen LogP contribution < -0.4 is 0 Å². The van der Waals surface area contributed by atoms with Crippen LogP contribution in [0.3, 0.4) is 0 Å². The predicted octanol–water partition coefficient (Wildman–Crippen LogP) is 5.82. The Morgan fingerprint density at radius 1 is 0.923 bits per heavy atom. The molecule has 26 heavy (non-hydrogen) atoms.